The third-order valence-corrected chi connectivity index (χ3v) is 2.69. The summed E-state index contributed by atoms with van der Waals surface area (Å²) in [6.45, 7) is 3.80. The summed E-state index contributed by atoms with van der Waals surface area (Å²) in [5.74, 6) is 1.73. The van der Waals surface area contributed by atoms with E-state index in [0.29, 0.717) is 5.28 Å². The van der Waals surface area contributed by atoms with Crippen LogP contribution in [0.15, 0.2) is 10.5 Å². The smallest absolute Gasteiger partial charge is 0.234 e. The first kappa shape index (κ1) is 8.72. The van der Waals surface area contributed by atoms with Crippen LogP contribution < -0.4 is 0 Å². The highest BCUT2D eigenvalue weighted by Crippen LogP contribution is 2.28. The Morgan fingerprint density at radius 3 is 2.69 bits per heavy atom. The van der Waals surface area contributed by atoms with Gasteiger partial charge in [0.1, 0.15) is 16.5 Å². The van der Waals surface area contributed by atoms with Crippen molar-refractivity contribution in [1.29, 1.82) is 0 Å². The van der Waals surface area contributed by atoms with E-state index in [4.69, 9.17) is 16.0 Å². The lowest BCUT2D eigenvalue weighted by atomic mass is 10.2. The summed E-state index contributed by atoms with van der Waals surface area (Å²) in [6.07, 6.45) is 0. The monoisotopic (exact) mass is 214 g/mol. The van der Waals surface area contributed by atoms with Gasteiger partial charge in [-0.05, 0) is 43.0 Å². The number of halogens is 1. The van der Waals surface area contributed by atoms with Gasteiger partial charge in [-0.25, -0.2) is 4.98 Å². The molecular weight excluding hydrogens is 208 g/mol. The second-order valence-electron chi connectivity index (χ2n) is 2.70. The van der Waals surface area contributed by atoms with Gasteiger partial charge in [0, 0.05) is 0 Å². The van der Waals surface area contributed by atoms with Gasteiger partial charge in [0.05, 0.1) is 5.56 Å². The molecule has 0 aliphatic heterocycles. The van der Waals surface area contributed by atoms with Gasteiger partial charge in [0.2, 0.25) is 5.28 Å². The number of nitrogens with zero attached hydrogens (tertiary/aromatic N) is 2. The van der Waals surface area contributed by atoms with Crippen molar-refractivity contribution in [2.75, 3.05) is 0 Å². The molecule has 0 spiro atoms. The standard InChI is InChI=1S/C8H7ClN2OS/c1-4-3-6(5(2)12-4)7-10-8(9)11-13-7/h3H,1-2H3. The highest BCUT2D eigenvalue weighted by molar-refractivity contribution is 7.09. The number of hydrogen-bond donors (Lipinski definition) is 0. The van der Waals surface area contributed by atoms with E-state index in [9.17, 15) is 0 Å². The molecule has 0 N–H and O–H groups in total. The van der Waals surface area contributed by atoms with Gasteiger partial charge in [0.25, 0.3) is 0 Å². The quantitative estimate of drug-likeness (QED) is 0.733. The summed E-state index contributed by atoms with van der Waals surface area (Å²) in [4.78, 5) is 4.07. The Labute approximate surface area is 84.5 Å². The number of furan rings is 1. The Morgan fingerprint density at radius 2 is 2.23 bits per heavy atom. The SMILES string of the molecule is Cc1cc(-c2nc(Cl)ns2)c(C)o1. The number of rotatable bonds is 1. The minimum absolute atomic E-state index is 0.290. The van der Waals surface area contributed by atoms with E-state index in [-0.39, 0.29) is 0 Å². The van der Waals surface area contributed by atoms with Gasteiger partial charge in [-0.2, -0.15) is 4.37 Å². The Morgan fingerprint density at radius 1 is 1.46 bits per heavy atom. The predicted octanol–water partition coefficient (Wildman–Crippen LogP) is 3.07. The van der Waals surface area contributed by atoms with E-state index in [1.807, 2.05) is 19.9 Å². The molecule has 0 aromatic carbocycles. The molecule has 2 aromatic rings. The Bertz CT molecular complexity index is 435. The highest BCUT2D eigenvalue weighted by Gasteiger charge is 2.11. The molecule has 0 saturated carbocycles. The zero-order valence-corrected chi connectivity index (χ0v) is 8.74. The van der Waals surface area contributed by atoms with Crippen LogP contribution >= 0.6 is 23.1 Å². The number of hydrogen-bond acceptors (Lipinski definition) is 4. The van der Waals surface area contributed by atoms with Crippen molar-refractivity contribution in [1.82, 2.24) is 9.36 Å². The maximum absolute atomic E-state index is 5.63. The molecule has 13 heavy (non-hydrogen) atoms. The molecule has 0 amide bonds. The lowest BCUT2D eigenvalue weighted by molar-refractivity contribution is 0.505. The van der Waals surface area contributed by atoms with Crippen LogP contribution in [0.4, 0.5) is 0 Å². The molecule has 0 saturated heterocycles. The summed E-state index contributed by atoms with van der Waals surface area (Å²) in [7, 11) is 0. The molecule has 0 atom stereocenters. The minimum atomic E-state index is 0.290. The molecule has 0 fully saturated rings. The molecule has 2 rings (SSSR count). The van der Waals surface area contributed by atoms with Gasteiger partial charge in [-0.15, -0.1) is 0 Å². The van der Waals surface area contributed by atoms with Crippen molar-refractivity contribution < 1.29 is 4.42 Å². The Hall–Kier alpha value is -0.870. The second-order valence-corrected chi connectivity index (χ2v) is 3.79. The summed E-state index contributed by atoms with van der Waals surface area (Å²) in [6, 6.07) is 1.94. The van der Waals surface area contributed by atoms with Crippen LogP contribution in [0.3, 0.4) is 0 Å². The minimum Gasteiger partial charge on any atom is -0.466 e. The fourth-order valence-electron chi connectivity index (χ4n) is 1.16. The van der Waals surface area contributed by atoms with Crippen molar-refractivity contribution in [3.05, 3.63) is 22.9 Å². The summed E-state index contributed by atoms with van der Waals surface area (Å²) < 4.78 is 9.27. The molecule has 0 unspecified atom stereocenters. The largest absolute Gasteiger partial charge is 0.466 e. The summed E-state index contributed by atoms with van der Waals surface area (Å²) in [5.41, 5.74) is 0.974. The fourth-order valence-corrected chi connectivity index (χ4v) is 2.03. The third-order valence-electron chi connectivity index (χ3n) is 1.67. The van der Waals surface area contributed by atoms with Crippen molar-refractivity contribution in [2.24, 2.45) is 0 Å². The van der Waals surface area contributed by atoms with Crippen LogP contribution in [0.2, 0.25) is 5.28 Å². The number of aromatic nitrogens is 2. The van der Waals surface area contributed by atoms with E-state index in [0.717, 1.165) is 22.1 Å². The van der Waals surface area contributed by atoms with Crippen molar-refractivity contribution in [2.45, 2.75) is 13.8 Å². The van der Waals surface area contributed by atoms with Crippen LogP contribution in [0.5, 0.6) is 0 Å². The molecule has 3 nitrogen and oxygen atoms in total. The summed E-state index contributed by atoms with van der Waals surface area (Å²) in [5, 5.41) is 1.10. The Kier molecular flexibility index (Phi) is 2.09. The van der Waals surface area contributed by atoms with Crippen LogP contribution in [-0.2, 0) is 0 Å². The second kappa shape index (κ2) is 3.12. The first-order valence-corrected chi connectivity index (χ1v) is 4.88. The molecule has 5 heteroatoms. The van der Waals surface area contributed by atoms with Gasteiger partial charge in [-0.1, -0.05) is 0 Å². The van der Waals surface area contributed by atoms with Crippen LogP contribution in [-0.4, -0.2) is 9.36 Å². The van der Waals surface area contributed by atoms with E-state index in [2.05, 4.69) is 9.36 Å². The van der Waals surface area contributed by atoms with E-state index < -0.39 is 0 Å². The third kappa shape index (κ3) is 1.59. The van der Waals surface area contributed by atoms with Crippen molar-refractivity contribution in [3.8, 4) is 10.6 Å². The maximum Gasteiger partial charge on any atom is 0.234 e. The fraction of sp³-hybridized carbons (Fsp3) is 0.250. The molecule has 2 heterocycles. The lowest BCUT2D eigenvalue weighted by Gasteiger charge is -1.88. The molecule has 0 bridgehead atoms. The van der Waals surface area contributed by atoms with Crippen LogP contribution in [0.25, 0.3) is 10.6 Å². The first-order chi connectivity index (χ1) is 6.16. The predicted molar refractivity (Wildman–Crippen MR) is 52.1 cm³/mol. The number of aryl methyl sites for hydroxylation is 2. The van der Waals surface area contributed by atoms with E-state index in [1.165, 1.54) is 11.5 Å². The Balaban J connectivity index is 2.51. The van der Waals surface area contributed by atoms with Gasteiger partial charge in [-0.3, -0.25) is 0 Å². The van der Waals surface area contributed by atoms with Crippen LogP contribution in [0, 0.1) is 13.8 Å². The van der Waals surface area contributed by atoms with Gasteiger partial charge >= 0.3 is 0 Å². The van der Waals surface area contributed by atoms with Gasteiger partial charge in [0.15, 0.2) is 0 Å². The average Bonchev–Trinajstić information content (AvgIpc) is 2.58. The lowest BCUT2D eigenvalue weighted by Crippen LogP contribution is -1.73. The zero-order valence-electron chi connectivity index (χ0n) is 7.17. The van der Waals surface area contributed by atoms with Gasteiger partial charge < -0.3 is 4.42 Å². The molecule has 2 aromatic heterocycles. The zero-order chi connectivity index (χ0) is 9.42. The molecular formula is C8H7ClN2OS. The van der Waals surface area contributed by atoms with Crippen molar-refractivity contribution >= 4 is 23.1 Å². The topological polar surface area (TPSA) is 38.9 Å². The van der Waals surface area contributed by atoms with Crippen LogP contribution in [0.1, 0.15) is 11.5 Å². The molecule has 68 valence electrons. The van der Waals surface area contributed by atoms with E-state index in [1.54, 1.807) is 0 Å². The highest BCUT2D eigenvalue weighted by atomic mass is 35.5. The molecule has 0 aliphatic rings. The average molecular weight is 215 g/mol. The normalized spacial score (nSPS) is 10.7. The van der Waals surface area contributed by atoms with E-state index >= 15 is 0 Å². The molecule has 0 aliphatic carbocycles. The molecule has 0 radical (unpaired) electrons. The summed E-state index contributed by atoms with van der Waals surface area (Å²) >= 11 is 6.90. The first-order valence-electron chi connectivity index (χ1n) is 3.73. The van der Waals surface area contributed by atoms with Crippen molar-refractivity contribution in [3.63, 3.8) is 0 Å². The maximum atomic E-state index is 5.63.